The summed E-state index contributed by atoms with van der Waals surface area (Å²) in [5.41, 5.74) is -3.60. The summed E-state index contributed by atoms with van der Waals surface area (Å²) >= 11 is 5.69. The van der Waals surface area contributed by atoms with Crippen LogP contribution in [0.25, 0.3) is 33.4 Å². The standard InChI is InChI=1S/C23H23F3N4O3.C14H6ClF3N2O.C9H18N2O2/c1-23(2,3)33-22(32)29-11-9-28(10-12-29)20-21(31)30(19-15(25)5-4-6-16(19)26)18-8-7-14(24)13-17(18)27-20;15-13-14(21)20(12-8(17)2-1-3-9(12)18)11-5-4-7(16)6-10(11)19-13;1-9(2,3)13-8(12)11-6-4-10-5-7-11/h4-8,13H,9-12H2,1-3H3;1-6H;10H,4-7H2,1-3H3. The zero-order chi connectivity index (χ0) is 49.0. The van der Waals surface area contributed by atoms with Gasteiger partial charge in [-0.05, 0) is 90.1 Å². The molecule has 2 fully saturated rings. The topological polar surface area (TPSA) is 144 Å². The predicted molar refractivity (Wildman–Crippen MR) is 240 cm³/mol. The minimum atomic E-state index is -0.940. The zero-order valence-electron chi connectivity index (χ0n) is 37.3. The van der Waals surface area contributed by atoms with Gasteiger partial charge in [-0.25, -0.2) is 45.9 Å². The Balaban J connectivity index is 0.000000185. The van der Waals surface area contributed by atoms with Gasteiger partial charge in [-0.1, -0.05) is 23.7 Å². The molecule has 0 spiro atoms. The number of halogens is 7. The van der Waals surface area contributed by atoms with Crippen molar-refractivity contribution in [3.8, 4) is 11.4 Å². The fraction of sp³-hybridized carbons (Fsp3) is 0.348. The van der Waals surface area contributed by atoms with Crippen LogP contribution in [0.4, 0.5) is 41.7 Å². The highest BCUT2D eigenvalue weighted by Gasteiger charge is 2.29. The molecule has 356 valence electrons. The smallest absolute Gasteiger partial charge is 0.410 e. The Hall–Kier alpha value is -6.67. The molecule has 0 radical (unpaired) electrons. The highest BCUT2D eigenvalue weighted by molar-refractivity contribution is 6.29. The van der Waals surface area contributed by atoms with Crippen molar-refractivity contribution in [3.05, 3.63) is 134 Å². The number of anilines is 1. The maximum atomic E-state index is 14.6. The Labute approximate surface area is 385 Å². The van der Waals surface area contributed by atoms with Crippen LogP contribution in [0.15, 0.2) is 82.4 Å². The van der Waals surface area contributed by atoms with Crippen molar-refractivity contribution in [2.45, 2.75) is 52.7 Å². The molecule has 2 aromatic heterocycles. The van der Waals surface area contributed by atoms with Crippen molar-refractivity contribution in [1.82, 2.24) is 34.2 Å². The number of ether oxygens (including phenoxy) is 2. The summed E-state index contributed by atoms with van der Waals surface area (Å²) in [6, 6.07) is 13.2. The van der Waals surface area contributed by atoms with Crippen LogP contribution in [0.3, 0.4) is 0 Å². The lowest BCUT2D eigenvalue weighted by Gasteiger charge is -2.36. The van der Waals surface area contributed by atoms with Crippen LogP contribution in [-0.4, -0.2) is 105 Å². The van der Waals surface area contributed by atoms with Crippen LogP contribution in [0.5, 0.6) is 0 Å². The second-order valence-electron chi connectivity index (χ2n) is 17.2. The van der Waals surface area contributed by atoms with Gasteiger partial charge >= 0.3 is 12.2 Å². The summed E-state index contributed by atoms with van der Waals surface area (Å²) in [6.07, 6.45) is -0.671. The van der Waals surface area contributed by atoms with E-state index in [2.05, 4.69) is 15.3 Å². The number of benzene rings is 4. The molecular weight excluding hydrogens is 910 g/mol. The molecule has 6 aromatic rings. The van der Waals surface area contributed by atoms with E-state index in [1.165, 1.54) is 29.2 Å². The molecule has 0 bridgehead atoms. The van der Waals surface area contributed by atoms with Crippen molar-refractivity contribution in [1.29, 1.82) is 0 Å². The van der Waals surface area contributed by atoms with Crippen LogP contribution in [0, 0.1) is 34.9 Å². The molecule has 67 heavy (non-hydrogen) atoms. The van der Waals surface area contributed by atoms with Crippen molar-refractivity contribution >= 4 is 51.7 Å². The Morgan fingerprint density at radius 3 is 1.42 bits per heavy atom. The molecular formula is C46H47ClF6N8O6. The summed E-state index contributed by atoms with van der Waals surface area (Å²) in [4.78, 5) is 62.2. The maximum Gasteiger partial charge on any atom is 0.410 e. The van der Waals surface area contributed by atoms with E-state index in [1.54, 1.807) is 30.6 Å². The largest absolute Gasteiger partial charge is 0.444 e. The van der Waals surface area contributed by atoms with Gasteiger partial charge in [0.05, 0.1) is 22.1 Å². The molecule has 14 nitrogen and oxygen atoms in total. The first-order valence-electron chi connectivity index (χ1n) is 20.9. The minimum Gasteiger partial charge on any atom is -0.444 e. The van der Waals surface area contributed by atoms with Crippen LogP contribution in [0.2, 0.25) is 5.15 Å². The molecule has 2 amide bonds. The Kier molecular flexibility index (Phi) is 15.2. The minimum absolute atomic E-state index is 0.0160. The molecule has 4 aromatic carbocycles. The Morgan fingerprint density at radius 1 is 0.582 bits per heavy atom. The maximum absolute atomic E-state index is 14.6. The molecule has 1 N–H and O–H groups in total. The van der Waals surface area contributed by atoms with Gasteiger partial charge in [0.2, 0.25) is 0 Å². The summed E-state index contributed by atoms with van der Waals surface area (Å²) in [5, 5.41) is 2.68. The number of amides is 2. The highest BCUT2D eigenvalue weighted by Crippen LogP contribution is 2.26. The number of carbonyl (C=O) groups excluding carboxylic acids is 2. The number of fused-ring (bicyclic) bond motifs is 2. The van der Waals surface area contributed by atoms with Crippen molar-refractivity contribution in [3.63, 3.8) is 0 Å². The molecule has 4 heterocycles. The van der Waals surface area contributed by atoms with E-state index in [4.69, 9.17) is 21.1 Å². The van der Waals surface area contributed by atoms with E-state index in [9.17, 15) is 45.5 Å². The third-order valence-electron chi connectivity index (χ3n) is 9.90. The van der Waals surface area contributed by atoms with Crippen molar-refractivity contribution in [2.75, 3.05) is 57.3 Å². The number of hydrogen-bond acceptors (Lipinski definition) is 10. The SMILES string of the molecule is CC(C)(C)OC(=O)N1CCN(c2nc3cc(F)ccc3n(-c3c(F)cccc3F)c2=O)CC1.CC(C)(C)OC(=O)N1CCNCC1.O=c1c(Cl)nc2cc(F)ccc2n1-c1c(F)cccc1F. The summed E-state index contributed by atoms with van der Waals surface area (Å²) in [6.45, 7) is 15.1. The van der Waals surface area contributed by atoms with E-state index in [0.29, 0.717) is 0 Å². The highest BCUT2D eigenvalue weighted by atomic mass is 35.5. The van der Waals surface area contributed by atoms with E-state index < -0.39 is 74.2 Å². The van der Waals surface area contributed by atoms with E-state index in [-0.39, 0.29) is 65.8 Å². The van der Waals surface area contributed by atoms with E-state index in [0.717, 1.165) is 83.8 Å². The molecule has 2 aliphatic heterocycles. The predicted octanol–water partition coefficient (Wildman–Crippen LogP) is 8.14. The van der Waals surface area contributed by atoms with Gasteiger partial charge in [-0.15, -0.1) is 0 Å². The monoisotopic (exact) mass is 956 g/mol. The normalized spacial score (nSPS) is 14.3. The molecule has 2 aliphatic rings. The number of piperazine rings is 2. The first-order valence-corrected chi connectivity index (χ1v) is 21.3. The molecule has 8 rings (SSSR count). The van der Waals surface area contributed by atoms with Gasteiger partial charge in [0, 0.05) is 64.5 Å². The number of carbonyl (C=O) groups is 2. The fourth-order valence-corrected chi connectivity index (χ4v) is 7.11. The average molecular weight is 957 g/mol. The van der Waals surface area contributed by atoms with Gasteiger partial charge in [-0.3, -0.25) is 18.7 Å². The molecule has 0 unspecified atom stereocenters. The lowest BCUT2D eigenvalue weighted by atomic mass is 10.2. The van der Waals surface area contributed by atoms with Gasteiger partial charge in [0.15, 0.2) is 11.0 Å². The van der Waals surface area contributed by atoms with Crippen LogP contribution >= 0.6 is 11.6 Å². The Bertz CT molecular complexity index is 2890. The van der Waals surface area contributed by atoms with Crippen LogP contribution in [0.1, 0.15) is 41.5 Å². The number of nitrogens with one attached hydrogen (secondary N) is 1. The second-order valence-corrected chi connectivity index (χ2v) is 17.6. The van der Waals surface area contributed by atoms with Crippen molar-refractivity contribution in [2.24, 2.45) is 0 Å². The summed E-state index contributed by atoms with van der Waals surface area (Å²) in [5.74, 6) is -5.04. The third-order valence-corrected chi connectivity index (χ3v) is 10.1. The fourth-order valence-electron chi connectivity index (χ4n) is 6.93. The van der Waals surface area contributed by atoms with Crippen LogP contribution in [-0.2, 0) is 9.47 Å². The van der Waals surface area contributed by atoms with E-state index >= 15 is 0 Å². The number of para-hydroxylation sites is 2. The lowest BCUT2D eigenvalue weighted by Crippen LogP contribution is -2.51. The van der Waals surface area contributed by atoms with Gasteiger partial charge in [0.25, 0.3) is 11.1 Å². The van der Waals surface area contributed by atoms with Crippen LogP contribution < -0.4 is 21.3 Å². The average Bonchev–Trinajstić information content (AvgIpc) is 3.25. The summed E-state index contributed by atoms with van der Waals surface area (Å²) < 4.78 is 96.5. The number of rotatable bonds is 3. The second kappa shape index (κ2) is 20.5. The van der Waals surface area contributed by atoms with Gasteiger partial charge < -0.3 is 29.5 Å². The van der Waals surface area contributed by atoms with Crippen molar-refractivity contribution < 1.29 is 45.4 Å². The molecule has 2 saturated heterocycles. The first-order chi connectivity index (χ1) is 31.5. The summed E-state index contributed by atoms with van der Waals surface area (Å²) in [7, 11) is 0. The number of hydrogen-bond donors (Lipinski definition) is 1. The molecule has 0 atom stereocenters. The quantitative estimate of drug-likeness (QED) is 0.173. The van der Waals surface area contributed by atoms with E-state index in [1.807, 2.05) is 20.8 Å². The Morgan fingerprint density at radius 2 is 0.985 bits per heavy atom. The molecule has 0 saturated carbocycles. The van der Waals surface area contributed by atoms with Gasteiger partial charge in [0.1, 0.15) is 57.5 Å². The van der Waals surface area contributed by atoms with Gasteiger partial charge in [-0.2, -0.15) is 0 Å². The third kappa shape index (κ3) is 12.0. The zero-order valence-corrected chi connectivity index (χ0v) is 38.1. The molecule has 0 aliphatic carbocycles. The lowest BCUT2D eigenvalue weighted by molar-refractivity contribution is 0.0223. The molecule has 21 heteroatoms. The number of nitrogens with zero attached hydrogens (tertiary/aromatic N) is 7. The first kappa shape index (κ1) is 49.8. The number of aromatic nitrogens is 4.